The highest BCUT2D eigenvalue weighted by atomic mass is 16.6. The molecule has 1 saturated heterocycles. The summed E-state index contributed by atoms with van der Waals surface area (Å²) in [6.07, 6.45) is 6.84. The van der Waals surface area contributed by atoms with Gasteiger partial charge in [-0.15, -0.1) is 0 Å². The van der Waals surface area contributed by atoms with Gasteiger partial charge in [0.1, 0.15) is 0 Å². The second-order valence-electron chi connectivity index (χ2n) is 4.90. The van der Waals surface area contributed by atoms with Crippen molar-refractivity contribution in [1.82, 2.24) is 0 Å². The van der Waals surface area contributed by atoms with Gasteiger partial charge in [0.25, 0.3) is 0 Å². The van der Waals surface area contributed by atoms with E-state index in [0.717, 1.165) is 25.7 Å². The van der Waals surface area contributed by atoms with Crippen LogP contribution in [0.4, 0.5) is 0 Å². The van der Waals surface area contributed by atoms with Crippen molar-refractivity contribution in [2.45, 2.75) is 58.2 Å². The maximum Gasteiger partial charge on any atom is 0.0892 e. The number of hydrogen-bond acceptors (Lipinski definition) is 2. The second kappa shape index (κ2) is 5.92. The normalized spacial score (nSPS) is 22.7. The number of ether oxygens (including phenoxy) is 1. The minimum atomic E-state index is 0.113. The van der Waals surface area contributed by atoms with Crippen LogP contribution in [-0.4, -0.2) is 18.2 Å². The third-order valence-electron chi connectivity index (χ3n) is 2.98. The number of epoxide rings is 1. The predicted octanol–water partition coefficient (Wildman–Crippen LogP) is 3.98. The van der Waals surface area contributed by atoms with Crippen LogP contribution in [0, 0.1) is 0 Å². The monoisotopic (exact) mass is 223 g/mol. The summed E-state index contributed by atoms with van der Waals surface area (Å²) >= 11 is 0. The standard InChI is InChI=1S/C12H21N3O/c1-10(6-4-5-9-14-15-13)7-8-11-12(2,3)16-11/h6,11H,4-5,7-9H2,1-3H3/b10-6+. The highest BCUT2D eigenvalue weighted by Gasteiger charge is 2.46. The average molecular weight is 223 g/mol. The summed E-state index contributed by atoms with van der Waals surface area (Å²) in [6, 6.07) is 0. The molecule has 0 spiro atoms. The zero-order valence-corrected chi connectivity index (χ0v) is 10.4. The van der Waals surface area contributed by atoms with Crippen molar-refractivity contribution in [3.8, 4) is 0 Å². The summed E-state index contributed by atoms with van der Waals surface area (Å²) in [6.45, 7) is 7.02. The molecule has 1 fully saturated rings. The van der Waals surface area contributed by atoms with E-state index in [1.54, 1.807) is 0 Å². The van der Waals surface area contributed by atoms with Crippen LogP contribution in [-0.2, 0) is 4.74 Å². The maximum atomic E-state index is 8.11. The molecule has 16 heavy (non-hydrogen) atoms. The van der Waals surface area contributed by atoms with Gasteiger partial charge in [0, 0.05) is 11.5 Å². The molecule has 1 heterocycles. The van der Waals surface area contributed by atoms with E-state index in [9.17, 15) is 0 Å². The Labute approximate surface area is 97.3 Å². The van der Waals surface area contributed by atoms with Gasteiger partial charge in [-0.3, -0.25) is 0 Å². The fourth-order valence-electron chi connectivity index (χ4n) is 1.76. The number of nitrogens with zero attached hydrogens (tertiary/aromatic N) is 3. The largest absolute Gasteiger partial charge is 0.367 e. The smallest absolute Gasteiger partial charge is 0.0892 e. The Morgan fingerprint density at radius 1 is 1.56 bits per heavy atom. The zero-order valence-electron chi connectivity index (χ0n) is 10.4. The lowest BCUT2D eigenvalue weighted by molar-refractivity contribution is 0.320. The molecule has 0 aromatic carbocycles. The van der Waals surface area contributed by atoms with E-state index in [1.807, 2.05) is 0 Å². The lowest BCUT2D eigenvalue weighted by atomic mass is 10.0. The molecular formula is C12H21N3O. The molecule has 4 heteroatoms. The van der Waals surface area contributed by atoms with Gasteiger partial charge in [-0.25, -0.2) is 0 Å². The van der Waals surface area contributed by atoms with Crippen molar-refractivity contribution >= 4 is 0 Å². The Kier molecular flexibility index (Phi) is 4.84. The molecule has 0 aromatic heterocycles. The Balaban J connectivity index is 2.07. The molecule has 4 nitrogen and oxygen atoms in total. The number of unbranched alkanes of at least 4 members (excludes halogenated alkanes) is 1. The van der Waals surface area contributed by atoms with E-state index in [-0.39, 0.29) is 5.60 Å². The first-order valence-corrected chi connectivity index (χ1v) is 5.90. The van der Waals surface area contributed by atoms with Gasteiger partial charge < -0.3 is 4.74 Å². The van der Waals surface area contributed by atoms with E-state index in [1.165, 1.54) is 5.57 Å². The van der Waals surface area contributed by atoms with Gasteiger partial charge in [0.2, 0.25) is 0 Å². The Morgan fingerprint density at radius 2 is 2.25 bits per heavy atom. The average Bonchev–Trinajstić information content (AvgIpc) is 2.83. The van der Waals surface area contributed by atoms with Gasteiger partial charge in [-0.05, 0) is 52.0 Å². The SMILES string of the molecule is C/C(=C\CCCN=[N+]=[N-])CCC1OC1(C)C. The maximum absolute atomic E-state index is 8.11. The predicted molar refractivity (Wildman–Crippen MR) is 65.2 cm³/mol. The highest BCUT2D eigenvalue weighted by Crippen LogP contribution is 2.38. The van der Waals surface area contributed by atoms with Crippen molar-refractivity contribution in [2.24, 2.45) is 5.11 Å². The van der Waals surface area contributed by atoms with Crippen LogP contribution in [0.1, 0.15) is 46.5 Å². The van der Waals surface area contributed by atoms with Gasteiger partial charge in [-0.1, -0.05) is 16.8 Å². The van der Waals surface area contributed by atoms with Crippen LogP contribution in [0.3, 0.4) is 0 Å². The fourth-order valence-corrected chi connectivity index (χ4v) is 1.76. The van der Waals surface area contributed by atoms with Crippen LogP contribution in [0.2, 0.25) is 0 Å². The Bertz CT molecular complexity index is 303. The summed E-state index contributed by atoms with van der Waals surface area (Å²) in [4.78, 5) is 2.72. The van der Waals surface area contributed by atoms with Gasteiger partial charge >= 0.3 is 0 Å². The highest BCUT2D eigenvalue weighted by molar-refractivity contribution is 5.02. The minimum Gasteiger partial charge on any atom is -0.367 e. The van der Waals surface area contributed by atoms with Gasteiger partial charge in [0.15, 0.2) is 0 Å². The second-order valence-corrected chi connectivity index (χ2v) is 4.90. The van der Waals surface area contributed by atoms with E-state index in [2.05, 4.69) is 36.9 Å². The first kappa shape index (κ1) is 13.1. The molecule has 0 aliphatic carbocycles. The zero-order chi connectivity index (χ0) is 12.0. The first-order valence-electron chi connectivity index (χ1n) is 5.90. The van der Waals surface area contributed by atoms with Crippen molar-refractivity contribution in [2.75, 3.05) is 6.54 Å². The fraction of sp³-hybridized carbons (Fsp3) is 0.833. The molecule has 0 amide bonds. The van der Waals surface area contributed by atoms with Crippen molar-refractivity contribution in [1.29, 1.82) is 0 Å². The Morgan fingerprint density at radius 3 is 2.81 bits per heavy atom. The van der Waals surface area contributed by atoms with E-state index >= 15 is 0 Å². The van der Waals surface area contributed by atoms with E-state index in [0.29, 0.717) is 12.6 Å². The Hall–Kier alpha value is -0.990. The molecule has 1 atom stereocenters. The molecule has 0 saturated carbocycles. The summed E-state index contributed by atoms with van der Waals surface area (Å²) in [5, 5.41) is 3.50. The lowest BCUT2D eigenvalue weighted by Gasteiger charge is -2.00. The van der Waals surface area contributed by atoms with Crippen LogP contribution in [0.15, 0.2) is 16.8 Å². The van der Waals surface area contributed by atoms with Crippen molar-refractivity contribution in [3.63, 3.8) is 0 Å². The topological polar surface area (TPSA) is 61.3 Å². The van der Waals surface area contributed by atoms with Gasteiger partial charge in [-0.2, -0.15) is 0 Å². The molecule has 1 rings (SSSR count). The summed E-state index contributed by atoms with van der Waals surface area (Å²) in [7, 11) is 0. The number of hydrogen-bond donors (Lipinski definition) is 0. The third kappa shape index (κ3) is 4.69. The minimum absolute atomic E-state index is 0.113. The van der Waals surface area contributed by atoms with Gasteiger partial charge in [0.05, 0.1) is 11.7 Å². The number of azide groups is 1. The quantitative estimate of drug-likeness (QED) is 0.161. The summed E-state index contributed by atoms with van der Waals surface area (Å²) in [5.74, 6) is 0. The third-order valence-corrected chi connectivity index (χ3v) is 2.98. The molecule has 1 unspecified atom stereocenters. The number of rotatable bonds is 7. The van der Waals surface area contributed by atoms with Crippen molar-refractivity contribution < 1.29 is 4.74 Å². The molecule has 1 aliphatic rings. The molecule has 0 aromatic rings. The van der Waals surface area contributed by atoms with E-state index in [4.69, 9.17) is 10.3 Å². The first-order chi connectivity index (χ1) is 7.56. The van der Waals surface area contributed by atoms with Crippen LogP contribution >= 0.6 is 0 Å². The molecule has 90 valence electrons. The molecule has 0 N–H and O–H groups in total. The van der Waals surface area contributed by atoms with E-state index < -0.39 is 0 Å². The summed E-state index contributed by atoms with van der Waals surface area (Å²) < 4.78 is 5.53. The van der Waals surface area contributed by atoms with Crippen LogP contribution in [0.25, 0.3) is 10.4 Å². The molecule has 0 bridgehead atoms. The summed E-state index contributed by atoms with van der Waals surface area (Å²) in [5.41, 5.74) is 9.63. The molecule has 1 aliphatic heterocycles. The van der Waals surface area contributed by atoms with Crippen molar-refractivity contribution in [3.05, 3.63) is 22.1 Å². The molecular weight excluding hydrogens is 202 g/mol. The van der Waals surface area contributed by atoms with Crippen LogP contribution < -0.4 is 0 Å². The molecule has 0 radical (unpaired) electrons. The number of allylic oxidation sites excluding steroid dienone is 2. The lowest BCUT2D eigenvalue weighted by Crippen LogP contribution is -2.02. The van der Waals surface area contributed by atoms with Crippen LogP contribution in [0.5, 0.6) is 0 Å².